The fourth-order valence-corrected chi connectivity index (χ4v) is 2.95. The van der Waals surface area contributed by atoms with Crippen molar-refractivity contribution in [1.29, 1.82) is 0 Å². The summed E-state index contributed by atoms with van der Waals surface area (Å²) in [5.74, 6) is -2.13. The number of Topliss-reactive ketones (excluding diaryl/α,β-unsaturated/α-hetero) is 1. The summed E-state index contributed by atoms with van der Waals surface area (Å²) in [7, 11) is 0. The summed E-state index contributed by atoms with van der Waals surface area (Å²) in [6.45, 7) is 0. The third-order valence-corrected chi connectivity index (χ3v) is 4.31. The Kier molecular flexibility index (Phi) is 7.24. The second kappa shape index (κ2) is 9.40. The van der Waals surface area contributed by atoms with Crippen LogP contribution in [0.2, 0.25) is 0 Å². The van der Waals surface area contributed by atoms with Crippen LogP contribution in [0.15, 0.2) is 41.6 Å². The average Bonchev–Trinajstić information content (AvgIpc) is 2.84. The van der Waals surface area contributed by atoms with Gasteiger partial charge in [0.25, 0.3) is 5.78 Å². The van der Waals surface area contributed by atoms with E-state index < -0.39 is 12.0 Å². The number of aryl methyl sites for hydroxylation is 1. The number of ketones is 1. The van der Waals surface area contributed by atoms with Crippen molar-refractivity contribution in [2.75, 3.05) is 0 Å². The van der Waals surface area contributed by atoms with Gasteiger partial charge in [-0.1, -0.05) is 36.8 Å². The van der Waals surface area contributed by atoms with E-state index in [1.54, 1.807) is 0 Å². The van der Waals surface area contributed by atoms with Crippen LogP contribution in [-0.2, 0) is 16.0 Å². The maximum absolute atomic E-state index is 12.8. The number of allylic oxidation sites excluding steroid dienone is 2. The molecular weight excluding hydrogens is 345 g/mol. The monoisotopic (exact) mass is 368 g/mol. The van der Waals surface area contributed by atoms with E-state index in [2.05, 4.69) is 10.9 Å². The van der Waals surface area contributed by atoms with Crippen molar-refractivity contribution in [2.24, 2.45) is 0 Å². The fourth-order valence-electron chi connectivity index (χ4n) is 2.95. The minimum atomic E-state index is -4.90. The van der Waals surface area contributed by atoms with Crippen molar-refractivity contribution in [3.05, 3.63) is 47.2 Å². The zero-order chi connectivity index (χ0) is 19.0. The minimum Gasteiger partial charge on any atom is -0.302 e. The van der Waals surface area contributed by atoms with Crippen LogP contribution in [0, 0.1) is 0 Å². The van der Waals surface area contributed by atoms with Gasteiger partial charge in [0.05, 0.1) is 0 Å². The Balaban J connectivity index is 1.88. The summed E-state index contributed by atoms with van der Waals surface area (Å²) < 4.78 is 38.3. The predicted octanol–water partition coefficient (Wildman–Crippen LogP) is 3.98. The lowest BCUT2D eigenvalue weighted by molar-refractivity contribution is -0.166. The third-order valence-electron chi connectivity index (χ3n) is 4.31. The summed E-state index contributed by atoms with van der Waals surface area (Å²) in [5, 5.41) is 0. The molecule has 4 nitrogen and oxygen atoms in total. The number of amides is 1. The summed E-state index contributed by atoms with van der Waals surface area (Å²) >= 11 is 0. The molecule has 1 aliphatic rings. The molecule has 0 saturated carbocycles. The summed E-state index contributed by atoms with van der Waals surface area (Å²) in [4.78, 5) is 23.6. The zero-order valence-corrected chi connectivity index (χ0v) is 14.5. The molecule has 0 unspecified atom stereocenters. The lowest BCUT2D eigenvalue weighted by Gasteiger charge is -2.16. The molecular formula is C19H23F3N2O2. The molecule has 26 heavy (non-hydrogen) atoms. The lowest BCUT2D eigenvalue weighted by Crippen LogP contribution is -2.38. The highest BCUT2D eigenvalue weighted by atomic mass is 19.4. The number of rotatable bonds is 7. The van der Waals surface area contributed by atoms with Crippen molar-refractivity contribution >= 4 is 11.7 Å². The quantitative estimate of drug-likeness (QED) is 0.716. The second-order valence-corrected chi connectivity index (χ2v) is 6.36. The number of hydrogen-bond acceptors (Lipinski definition) is 3. The van der Waals surface area contributed by atoms with Gasteiger partial charge in [-0.2, -0.15) is 13.2 Å². The predicted molar refractivity (Wildman–Crippen MR) is 91.8 cm³/mol. The van der Waals surface area contributed by atoms with Crippen LogP contribution >= 0.6 is 0 Å². The number of carbonyl (C=O) groups excluding carboxylic acids is 2. The highest BCUT2D eigenvalue weighted by Crippen LogP contribution is 2.29. The maximum atomic E-state index is 12.8. The first-order valence-electron chi connectivity index (χ1n) is 8.80. The van der Waals surface area contributed by atoms with Gasteiger partial charge >= 0.3 is 6.18 Å². The van der Waals surface area contributed by atoms with Crippen LogP contribution in [-0.4, -0.2) is 17.9 Å². The highest BCUT2D eigenvalue weighted by molar-refractivity contribution is 6.00. The summed E-state index contributed by atoms with van der Waals surface area (Å²) in [6.07, 6.45) is -0.908. The SMILES string of the molecule is O=C(CCCc1ccccc1)NNC1=C(C(=O)C(F)(F)F)CCCCC1. The molecule has 0 heterocycles. The van der Waals surface area contributed by atoms with Gasteiger partial charge in [-0.3, -0.25) is 15.0 Å². The van der Waals surface area contributed by atoms with Gasteiger partial charge < -0.3 is 5.43 Å². The molecule has 0 atom stereocenters. The molecule has 0 saturated heterocycles. The van der Waals surface area contributed by atoms with Crippen LogP contribution < -0.4 is 10.9 Å². The van der Waals surface area contributed by atoms with Crippen LogP contribution in [0.1, 0.15) is 50.5 Å². The van der Waals surface area contributed by atoms with Gasteiger partial charge in [0.15, 0.2) is 0 Å². The van der Waals surface area contributed by atoms with Crippen LogP contribution in [0.3, 0.4) is 0 Å². The van der Waals surface area contributed by atoms with Crippen molar-refractivity contribution in [3.8, 4) is 0 Å². The molecule has 0 spiro atoms. The van der Waals surface area contributed by atoms with Gasteiger partial charge in [0, 0.05) is 17.7 Å². The Morgan fingerprint density at radius 1 is 1.00 bits per heavy atom. The smallest absolute Gasteiger partial charge is 0.302 e. The maximum Gasteiger partial charge on any atom is 0.454 e. The Hall–Kier alpha value is -2.31. The van der Waals surface area contributed by atoms with E-state index in [0.717, 1.165) is 18.4 Å². The normalized spacial score (nSPS) is 15.3. The van der Waals surface area contributed by atoms with Crippen LogP contribution in [0.5, 0.6) is 0 Å². The van der Waals surface area contributed by atoms with Gasteiger partial charge in [-0.05, 0) is 44.1 Å². The molecule has 2 rings (SSSR count). The Labute approximate surface area is 150 Å². The second-order valence-electron chi connectivity index (χ2n) is 6.36. The van der Waals surface area contributed by atoms with Crippen molar-refractivity contribution < 1.29 is 22.8 Å². The number of benzene rings is 1. The van der Waals surface area contributed by atoms with E-state index in [1.165, 1.54) is 0 Å². The standard InChI is InChI=1S/C19H23F3N2O2/c20-19(21,22)18(26)15-11-5-2-6-12-16(15)23-24-17(25)13-7-10-14-8-3-1-4-9-14/h1,3-4,8-9,23H,2,5-7,10-13H2,(H,24,25). The molecule has 2 N–H and O–H groups in total. The van der Waals surface area contributed by atoms with E-state index in [-0.39, 0.29) is 30.0 Å². The molecule has 0 radical (unpaired) electrons. The highest BCUT2D eigenvalue weighted by Gasteiger charge is 2.41. The van der Waals surface area contributed by atoms with Gasteiger partial charge in [-0.15, -0.1) is 0 Å². The zero-order valence-electron chi connectivity index (χ0n) is 14.5. The molecule has 1 aromatic carbocycles. The minimum absolute atomic E-state index is 0.0740. The molecule has 142 valence electrons. The first kappa shape index (κ1) is 20.0. The number of halogens is 3. The molecule has 1 aliphatic carbocycles. The number of nitrogens with one attached hydrogen (secondary N) is 2. The number of carbonyl (C=O) groups is 2. The van der Waals surface area contributed by atoms with Gasteiger partial charge in [-0.25, -0.2) is 0 Å². The molecule has 0 bridgehead atoms. The number of hydrazine groups is 1. The third kappa shape index (κ3) is 6.20. The van der Waals surface area contributed by atoms with Crippen LogP contribution in [0.25, 0.3) is 0 Å². The van der Waals surface area contributed by atoms with E-state index in [9.17, 15) is 22.8 Å². The lowest BCUT2D eigenvalue weighted by atomic mass is 10.0. The van der Waals surface area contributed by atoms with Crippen molar-refractivity contribution in [2.45, 2.75) is 57.5 Å². The van der Waals surface area contributed by atoms with E-state index >= 15 is 0 Å². The number of hydrogen-bond donors (Lipinski definition) is 2. The fraction of sp³-hybridized carbons (Fsp3) is 0.474. The largest absolute Gasteiger partial charge is 0.454 e. The molecule has 1 amide bonds. The molecule has 0 aliphatic heterocycles. The molecule has 7 heteroatoms. The molecule has 1 aromatic rings. The topological polar surface area (TPSA) is 58.2 Å². The van der Waals surface area contributed by atoms with E-state index in [4.69, 9.17) is 0 Å². The molecule has 0 fully saturated rings. The molecule has 0 aromatic heterocycles. The van der Waals surface area contributed by atoms with Crippen LogP contribution in [0.4, 0.5) is 13.2 Å². The average molecular weight is 368 g/mol. The first-order chi connectivity index (χ1) is 12.4. The summed E-state index contributed by atoms with van der Waals surface area (Å²) in [5.41, 5.74) is 6.05. The van der Waals surface area contributed by atoms with Crippen molar-refractivity contribution in [1.82, 2.24) is 10.9 Å². The number of alkyl halides is 3. The van der Waals surface area contributed by atoms with Gasteiger partial charge in [0.1, 0.15) is 0 Å². The first-order valence-corrected chi connectivity index (χ1v) is 8.80. The summed E-state index contributed by atoms with van der Waals surface area (Å²) in [6, 6.07) is 9.72. The van der Waals surface area contributed by atoms with E-state index in [0.29, 0.717) is 25.7 Å². The van der Waals surface area contributed by atoms with Gasteiger partial charge in [0.2, 0.25) is 5.91 Å². The van der Waals surface area contributed by atoms with E-state index in [1.807, 2.05) is 30.3 Å². The van der Waals surface area contributed by atoms with Crippen molar-refractivity contribution in [3.63, 3.8) is 0 Å². The Morgan fingerprint density at radius 3 is 2.38 bits per heavy atom. The Morgan fingerprint density at radius 2 is 1.69 bits per heavy atom. The Bertz CT molecular complexity index is 654.